The number of ether oxygens (including phenoxy) is 1. The molecule has 0 aliphatic heterocycles. The highest BCUT2D eigenvalue weighted by atomic mass is 19.2. The first-order valence-corrected chi connectivity index (χ1v) is 11.6. The van der Waals surface area contributed by atoms with Gasteiger partial charge >= 0.3 is 0 Å². The normalized spacial score (nSPS) is 12.0. The van der Waals surface area contributed by atoms with Crippen LogP contribution in [0.25, 0.3) is 22.0 Å². The lowest BCUT2D eigenvalue weighted by molar-refractivity contribution is 0.0912. The van der Waals surface area contributed by atoms with Gasteiger partial charge in [-0.25, -0.2) is 8.78 Å². The standard InChI is InChI=1S/C28H28F2N2O3/c1-3-12-35-27-11-9-18(19-8-10-24(29)25(30)15-19)14-23(27)28(34)31-21(17-33)13-20-16-32(2)26-7-5-4-6-22(20)26/h4-11,14-16,21,33H,3,12-13,17H2,1-2H3,(H,31,34)/t21-/m1/s1. The van der Waals surface area contributed by atoms with Crippen LogP contribution in [0.5, 0.6) is 5.75 Å². The lowest BCUT2D eigenvalue weighted by atomic mass is 10.0. The number of nitrogens with one attached hydrogen (secondary N) is 1. The van der Waals surface area contributed by atoms with Crippen molar-refractivity contribution < 1.29 is 23.4 Å². The van der Waals surface area contributed by atoms with Crippen LogP contribution in [-0.2, 0) is 13.5 Å². The van der Waals surface area contributed by atoms with E-state index in [0.29, 0.717) is 29.9 Å². The van der Waals surface area contributed by atoms with Gasteiger partial charge in [-0.05, 0) is 59.9 Å². The highest BCUT2D eigenvalue weighted by Crippen LogP contribution is 2.29. The number of para-hydroxylation sites is 1. The smallest absolute Gasteiger partial charge is 0.255 e. The van der Waals surface area contributed by atoms with Gasteiger partial charge in [0.25, 0.3) is 5.91 Å². The molecule has 1 heterocycles. The minimum absolute atomic E-state index is 0.247. The van der Waals surface area contributed by atoms with Crippen molar-refractivity contribution in [2.24, 2.45) is 7.05 Å². The molecule has 5 nitrogen and oxygen atoms in total. The molecular weight excluding hydrogens is 450 g/mol. The molecule has 0 spiro atoms. The Morgan fingerprint density at radius 3 is 2.54 bits per heavy atom. The number of aryl methyl sites for hydroxylation is 1. The molecule has 1 amide bonds. The number of rotatable bonds is 9. The van der Waals surface area contributed by atoms with Gasteiger partial charge < -0.3 is 19.7 Å². The van der Waals surface area contributed by atoms with Gasteiger partial charge in [0.15, 0.2) is 11.6 Å². The van der Waals surface area contributed by atoms with Crippen LogP contribution in [0.4, 0.5) is 8.78 Å². The average Bonchev–Trinajstić information content (AvgIpc) is 3.19. The van der Waals surface area contributed by atoms with Gasteiger partial charge in [-0.2, -0.15) is 0 Å². The van der Waals surface area contributed by atoms with E-state index in [0.717, 1.165) is 35.0 Å². The molecule has 4 rings (SSSR count). The van der Waals surface area contributed by atoms with E-state index in [-0.39, 0.29) is 12.2 Å². The Labute approximate surface area is 203 Å². The van der Waals surface area contributed by atoms with E-state index < -0.39 is 23.6 Å². The zero-order chi connectivity index (χ0) is 24.9. The number of aliphatic hydroxyl groups excluding tert-OH is 1. The van der Waals surface area contributed by atoms with E-state index in [1.54, 1.807) is 18.2 Å². The fourth-order valence-electron chi connectivity index (χ4n) is 4.18. The number of halogens is 2. The van der Waals surface area contributed by atoms with Crippen molar-refractivity contribution in [2.75, 3.05) is 13.2 Å². The van der Waals surface area contributed by atoms with E-state index in [1.807, 2.05) is 49.0 Å². The Morgan fingerprint density at radius 1 is 1.06 bits per heavy atom. The zero-order valence-electron chi connectivity index (χ0n) is 19.7. The molecule has 1 atom stereocenters. The van der Waals surface area contributed by atoms with Crippen molar-refractivity contribution in [1.82, 2.24) is 9.88 Å². The highest BCUT2D eigenvalue weighted by molar-refractivity contribution is 5.98. The molecule has 4 aromatic rings. The quantitative estimate of drug-likeness (QED) is 0.346. The number of carbonyl (C=O) groups excluding carboxylic acids is 1. The third kappa shape index (κ3) is 5.35. The number of carbonyl (C=O) groups is 1. The number of aliphatic hydroxyl groups is 1. The van der Waals surface area contributed by atoms with Crippen LogP contribution in [0.15, 0.2) is 66.9 Å². The monoisotopic (exact) mass is 478 g/mol. The molecule has 0 bridgehead atoms. The van der Waals surface area contributed by atoms with E-state index >= 15 is 0 Å². The number of nitrogens with zero attached hydrogens (tertiary/aromatic N) is 1. The van der Waals surface area contributed by atoms with E-state index in [1.165, 1.54) is 6.07 Å². The first-order valence-electron chi connectivity index (χ1n) is 11.6. The number of hydrogen-bond donors (Lipinski definition) is 2. The zero-order valence-corrected chi connectivity index (χ0v) is 19.7. The summed E-state index contributed by atoms with van der Waals surface area (Å²) < 4.78 is 35.0. The van der Waals surface area contributed by atoms with Crippen LogP contribution >= 0.6 is 0 Å². The SMILES string of the molecule is CCCOc1ccc(-c2ccc(F)c(F)c2)cc1C(=O)N[C@@H](CO)Cc1cn(C)c2ccccc12. The lowest BCUT2D eigenvalue weighted by Crippen LogP contribution is -2.39. The molecule has 3 aromatic carbocycles. The summed E-state index contributed by atoms with van der Waals surface area (Å²) in [6.07, 6.45) is 3.20. The van der Waals surface area contributed by atoms with Gasteiger partial charge in [0.1, 0.15) is 5.75 Å². The maximum absolute atomic E-state index is 13.8. The van der Waals surface area contributed by atoms with Gasteiger partial charge in [0.2, 0.25) is 0 Å². The number of fused-ring (bicyclic) bond motifs is 1. The van der Waals surface area contributed by atoms with E-state index in [9.17, 15) is 18.7 Å². The second-order valence-electron chi connectivity index (χ2n) is 8.53. The van der Waals surface area contributed by atoms with Crippen molar-refractivity contribution in [2.45, 2.75) is 25.8 Å². The predicted molar refractivity (Wildman–Crippen MR) is 133 cm³/mol. The van der Waals surface area contributed by atoms with Crippen LogP contribution in [0.1, 0.15) is 29.3 Å². The fraction of sp³-hybridized carbons (Fsp3) is 0.250. The molecule has 1 aromatic heterocycles. The van der Waals surface area contributed by atoms with E-state index in [2.05, 4.69) is 5.32 Å². The number of benzene rings is 3. The van der Waals surface area contributed by atoms with Gasteiger partial charge in [-0.15, -0.1) is 0 Å². The molecule has 0 aliphatic carbocycles. The maximum Gasteiger partial charge on any atom is 0.255 e. The third-order valence-corrected chi connectivity index (χ3v) is 5.94. The predicted octanol–water partition coefficient (Wildman–Crippen LogP) is 5.25. The summed E-state index contributed by atoms with van der Waals surface area (Å²) in [6, 6.07) is 16.0. The van der Waals surface area contributed by atoms with Gasteiger partial charge in [0.05, 0.1) is 24.8 Å². The fourth-order valence-corrected chi connectivity index (χ4v) is 4.18. The van der Waals surface area contributed by atoms with Crippen molar-refractivity contribution in [3.05, 3.63) is 89.6 Å². The van der Waals surface area contributed by atoms with Crippen molar-refractivity contribution in [3.8, 4) is 16.9 Å². The summed E-state index contributed by atoms with van der Waals surface area (Å²) in [5.74, 6) is -1.93. The molecule has 0 fully saturated rings. The largest absolute Gasteiger partial charge is 0.493 e. The molecule has 2 N–H and O–H groups in total. The summed E-state index contributed by atoms with van der Waals surface area (Å²) in [7, 11) is 1.96. The number of amides is 1. The Bertz CT molecular complexity index is 1350. The summed E-state index contributed by atoms with van der Waals surface area (Å²) >= 11 is 0. The lowest BCUT2D eigenvalue weighted by Gasteiger charge is -2.18. The molecule has 7 heteroatoms. The Hall–Kier alpha value is -3.71. The molecule has 0 saturated carbocycles. The summed E-state index contributed by atoms with van der Waals surface area (Å²) in [4.78, 5) is 13.3. The molecule has 35 heavy (non-hydrogen) atoms. The Morgan fingerprint density at radius 2 is 1.80 bits per heavy atom. The van der Waals surface area contributed by atoms with Gasteiger partial charge in [0, 0.05) is 24.1 Å². The Kier molecular flexibility index (Phi) is 7.46. The first-order chi connectivity index (χ1) is 16.9. The summed E-state index contributed by atoms with van der Waals surface area (Å²) in [5, 5.41) is 14.0. The highest BCUT2D eigenvalue weighted by Gasteiger charge is 2.20. The Balaban J connectivity index is 1.61. The minimum atomic E-state index is -0.963. The molecule has 0 radical (unpaired) electrons. The second kappa shape index (κ2) is 10.7. The van der Waals surface area contributed by atoms with Crippen LogP contribution < -0.4 is 10.1 Å². The van der Waals surface area contributed by atoms with Gasteiger partial charge in [-0.3, -0.25) is 4.79 Å². The topological polar surface area (TPSA) is 63.5 Å². The van der Waals surface area contributed by atoms with Crippen LogP contribution in [0.2, 0.25) is 0 Å². The molecule has 0 saturated heterocycles. The molecule has 182 valence electrons. The van der Waals surface area contributed by atoms with Crippen LogP contribution in [0.3, 0.4) is 0 Å². The van der Waals surface area contributed by atoms with Crippen molar-refractivity contribution >= 4 is 16.8 Å². The van der Waals surface area contributed by atoms with Crippen LogP contribution in [0, 0.1) is 11.6 Å². The van der Waals surface area contributed by atoms with E-state index in [4.69, 9.17) is 4.74 Å². The number of hydrogen-bond acceptors (Lipinski definition) is 3. The first kappa shape index (κ1) is 24.4. The minimum Gasteiger partial charge on any atom is -0.493 e. The number of aromatic nitrogens is 1. The second-order valence-corrected chi connectivity index (χ2v) is 8.53. The average molecular weight is 479 g/mol. The summed E-state index contributed by atoms with van der Waals surface area (Å²) in [5.41, 5.74) is 3.33. The third-order valence-electron chi connectivity index (χ3n) is 5.94. The van der Waals surface area contributed by atoms with Crippen molar-refractivity contribution in [3.63, 3.8) is 0 Å². The van der Waals surface area contributed by atoms with Crippen LogP contribution in [-0.4, -0.2) is 34.8 Å². The molecule has 0 aliphatic rings. The summed E-state index contributed by atoms with van der Waals surface area (Å²) in [6.45, 7) is 2.13. The molecule has 0 unspecified atom stereocenters. The van der Waals surface area contributed by atoms with Crippen molar-refractivity contribution in [1.29, 1.82) is 0 Å². The van der Waals surface area contributed by atoms with Gasteiger partial charge in [-0.1, -0.05) is 37.3 Å². The molecular formula is C28H28F2N2O3. The maximum atomic E-state index is 13.8.